The third-order valence-corrected chi connectivity index (χ3v) is 6.36. The van der Waals surface area contributed by atoms with Crippen LogP contribution in [-0.4, -0.2) is 74.7 Å². The second-order valence-electron chi connectivity index (χ2n) is 8.53. The number of aryl methyl sites for hydroxylation is 1. The maximum atomic E-state index is 14.5. The Bertz CT molecular complexity index is 1110. The van der Waals surface area contributed by atoms with Gasteiger partial charge < -0.3 is 20.1 Å². The molecule has 2 aromatic rings. The van der Waals surface area contributed by atoms with Gasteiger partial charge in [-0.25, -0.2) is 18.7 Å². The number of aliphatic imine (C=N–C) groups is 1. The summed E-state index contributed by atoms with van der Waals surface area (Å²) in [4.78, 5) is 32.0. The molecule has 4 atom stereocenters. The smallest absolute Gasteiger partial charge is 0.273 e. The largest absolute Gasteiger partial charge is 0.389 e. The lowest BCUT2D eigenvalue weighted by molar-refractivity contribution is -0.125. The fourth-order valence-corrected chi connectivity index (χ4v) is 4.68. The van der Waals surface area contributed by atoms with E-state index in [9.17, 15) is 18.7 Å². The van der Waals surface area contributed by atoms with E-state index in [-0.39, 0.29) is 37.9 Å². The summed E-state index contributed by atoms with van der Waals surface area (Å²) in [6.07, 6.45) is 1.15. The summed E-state index contributed by atoms with van der Waals surface area (Å²) in [6.45, 7) is 2.49. The molecule has 5 heterocycles. The Morgan fingerprint density at radius 1 is 1.33 bits per heavy atom. The molecular weight excluding hydrogens is 434 g/mol. The molecule has 0 saturated carbocycles. The molecule has 174 valence electrons. The number of halogens is 2. The van der Waals surface area contributed by atoms with E-state index in [0.717, 1.165) is 6.20 Å². The van der Waals surface area contributed by atoms with Crippen molar-refractivity contribution in [2.45, 2.75) is 50.7 Å². The molecule has 2 N–H and O–H groups in total. The minimum Gasteiger partial charge on any atom is -0.389 e. The zero-order chi connectivity index (χ0) is 23.1. The molecule has 3 aliphatic heterocycles. The van der Waals surface area contributed by atoms with E-state index in [1.165, 1.54) is 17.3 Å². The molecular formula is C22H24F2N6O3. The Morgan fingerprint density at radius 3 is 3.00 bits per heavy atom. The first kappa shape index (κ1) is 21.8. The highest BCUT2D eigenvalue weighted by atomic mass is 19.1. The molecule has 5 rings (SSSR count). The summed E-state index contributed by atoms with van der Waals surface area (Å²) in [5, 5.41) is 13.5. The number of likely N-dealkylation sites (tertiary alicyclic amines) is 1. The first-order valence-electron chi connectivity index (χ1n) is 10.9. The normalized spacial score (nSPS) is 26.8. The van der Waals surface area contributed by atoms with E-state index in [4.69, 9.17) is 4.74 Å². The maximum absolute atomic E-state index is 14.5. The van der Waals surface area contributed by atoms with Crippen molar-refractivity contribution in [1.82, 2.24) is 19.9 Å². The predicted octanol–water partition coefficient (Wildman–Crippen LogP) is 1.50. The van der Waals surface area contributed by atoms with Crippen LogP contribution in [0.1, 0.15) is 41.4 Å². The van der Waals surface area contributed by atoms with Crippen LogP contribution in [0.25, 0.3) is 0 Å². The summed E-state index contributed by atoms with van der Waals surface area (Å²) < 4.78 is 33.7. The third-order valence-electron chi connectivity index (χ3n) is 6.36. The summed E-state index contributed by atoms with van der Waals surface area (Å²) in [5.41, 5.74) is 2.19. The number of anilines is 1. The Morgan fingerprint density at radius 2 is 2.18 bits per heavy atom. The Balaban J connectivity index is 1.45. The Kier molecular flexibility index (Phi) is 5.75. The van der Waals surface area contributed by atoms with Crippen LogP contribution in [0.4, 0.5) is 14.6 Å². The Labute approximate surface area is 188 Å². The molecule has 2 fully saturated rings. The van der Waals surface area contributed by atoms with Crippen molar-refractivity contribution in [2.75, 3.05) is 25.1 Å². The van der Waals surface area contributed by atoms with Crippen LogP contribution in [0.3, 0.4) is 0 Å². The van der Waals surface area contributed by atoms with Crippen LogP contribution in [0.15, 0.2) is 23.6 Å². The first-order chi connectivity index (χ1) is 15.9. The van der Waals surface area contributed by atoms with Crippen LogP contribution in [0, 0.1) is 12.7 Å². The number of hydrogen-bond donors (Lipinski definition) is 2. The molecule has 3 aliphatic rings. The highest BCUT2D eigenvalue weighted by Gasteiger charge is 2.41. The van der Waals surface area contributed by atoms with Gasteiger partial charge in [0.1, 0.15) is 29.8 Å². The number of hydrogen-bond acceptors (Lipinski definition) is 8. The highest BCUT2D eigenvalue weighted by Crippen LogP contribution is 2.37. The van der Waals surface area contributed by atoms with Crippen LogP contribution in [0.2, 0.25) is 0 Å². The first-order valence-corrected chi connectivity index (χ1v) is 10.9. The molecule has 0 radical (unpaired) electrons. The monoisotopic (exact) mass is 458 g/mol. The van der Waals surface area contributed by atoms with Crippen LogP contribution in [0.5, 0.6) is 0 Å². The van der Waals surface area contributed by atoms with E-state index < -0.39 is 30.0 Å². The minimum atomic E-state index is -1.25. The lowest BCUT2D eigenvalue weighted by atomic mass is 10.0. The lowest BCUT2D eigenvalue weighted by Crippen LogP contribution is -2.43. The fourth-order valence-electron chi connectivity index (χ4n) is 4.68. The Hall–Kier alpha value is -3.05. The molecule has 33 heavy (non-hydrogen) atoms. The molecule has 0 aliphatic carbocycles. The molecule has 9 nitrogen and oxygen atoms in total. The number of aromatic nitrogens is 3. The lowest BCUT2D eigenvalue weighted by Gasteiger charge is -2.30. The summed E-state index contributed by atoms with van der Waals surface area (Å²) >= 11 is 0. The second kappa shape index (κ2) is 8.71. The SMILES string of the molecule is Cc1ncc(F)cc1[C@H]1C[C@H](F)CN1C(=O)C1=NCc2ncnc(N[C@@H]3CCOC[C@H]3O)c21. The van der Waals surface area contributed by atoms with Gasteiger partial charge in [0.15, 0.2) is 0 Å². The number of aliphatic hydroxyl groups is 1. The number of nitrogens with zero attached hydrogens (tertiary/aromatic N) is 5. The molecule has 0 aromatic carbocycles. The summed E-state index contributed by atoms with van der Waals surface area (Å²) in [7, 11) is 0. The van der Waals surface area contributed by atoms with Gasteiger partial charge in [-0.2, -0.15) is 0 Å². The molecule has 11 heteroatoms. The predicted molar refractivity (Wildman–Crippen MR) is 114 cm³/mol. The standard InChI is InChI=1S/C22H24F2N6O3/c1-11-14(4-12(23)6-25-11)17-5-13(24)8-30(17)22(32)20-19-16(7-26-20)27-10-28-21(19)29-15-2-3-33-9-18(15)31/h4,6,10,13,15,17-18,31H,2-3,5,7-9H2,1H3,(H,27,28,29)/t13-,15+,17+,18+/m0/s1. The highest BCUT2D eigenvalue weighted by molar-refractivity contribution is 6.47. The number of carbonyl (C=O) groups is 1. The molecule has 0 bridgehead atoms. The van der Waals surface area contributed by atoms with Crippen molar-refractivity contribution < 1.29 is 23.4 Å². The average Bonchev–Trinajstić information content (AvgIpc) is 3.41. The molecule has 0 spiro atoms. The third kappa shape index (κ3) is 4.06. The average molecular weight is 458 g/mol. The number of ether oxygens (including phenoxy) is 1. The zero-order valence-electron chi connectivity index (χ0n) is 18.0. The van der Waals surface area contributed by atoms with E-state index >= 15 is 0 Å². The second-order valence-corrected chi connectivity index (χ2v) is 8.53. The van der Waals surface area contributed by atoms with Gasteiger partial charge >= 0.3 is 0 Å². The van der Waals surface area contributed by atoms with Gasteiger partial charge in [-0.15, -0.1) is 0 Å². The van der Waals surface area contributed by atoms with Crippen molar-refractivity contribution in [3.63, 3.8) is 0 Å². The summed E-state index contributed by atoms with van der Waals surface area (Å²) in [5.74, 6) is -0.608. The van der Waals surface area contributed by atoms with Crippen LogP contribution < -0.4 is 5.32 Å². The maximum Gasteiger partial charge on any atom is 0.273 e. The van der Waals surface area contributed by atoms with Gasteiger partial charge in [0.05, 0.1) is 55.3 Å². The van der Waals surface area contributed by atoms with Gasteiger partial charge in [0, 0.05) is 18.7 Å². The van der Waals surface area contributed by atoms with Crippen LogP contribution >= 0.6 is 0 Å². The molecule has 1 amide bonds. The number of pyridine rings is 1. The zero-order valence-corrected chi connectivity index (χ0v) is 18.0. The number of nitrogens with one attached hydrogen (secondary N) is 1. The molecule has 2 aromatic heterocycles. The van der Waals surface area contributed by atoms with Gasteiger partial charge in [0.2, 0.25) is 0 Å². The van der Waals surface area contributed by atoms with Crippen molar-refractivity contribution in [3.8, 4) is 0 Å². The topological polar surface area (TPSA) is 113 Å². The van der Waals surface area contributed by atoms with Crippen molar-refractivity contribution in [2.24, 2.45) is 4.99 Å². The van der Waals surface area contributed by atoms with Crippen LogP contribution in [-0.2, 0) is 16.1 Å². The van der Waals surface area contributed by atoms with Gasteiger partial charge in [0.25, 0.3) is 5.91 Å². The van der Waals surface area contributed by atoms with E-state index in [0.29, 0.717) is 41.4 Å². The minimum absolute atomic E-state index is 0.0580. The molecule has 2 saturated heterocycles. The summed E-state index contributed by atoms with van der Waals surface area (Å²) in [6, 6.07) is 0.351. The number of alkyl halides is 1. The number of rotatable bonds is 4. The van der Waals surface area contributed by atoms with Gasteiger partial charge in [-0.1, -0.05) is 0 Å². The number of amides is 1. The van der Waals surface area contributed by atoms with Gasteiger partial charge in [-0.3, -0.25) is 14.8 Å². The van der Waals surface area contributed by atoms with Crippen molar-refractivity contribution in [3.05, 3.63) is 46.9 Å². The van der Waals surface area contributed by atoms with E-state index in [2.05, 4.69) is 25.3 Å². The van der Waals surface area contributed by atoms with Crippen molar-refractivity contribution in [1.29, 1.82) is 0 Å². The van der Waals surface area contributed by atoms with Gasteiger partial charge in [-0.05, 0) is 25.0 Å². The number of fused-ring (bicyclic) bond motifs is 1. The molecule has 0 unspecified atom stereocenters. The number of aliphatic hydroxyl groups excluding tert-OH is 1. The van der Waals surface area contributed by atoms with E-state index in [1.807, 2.05) is 0 Å². The van der Waals surface area contributed by atoms with E-state index in [1.54, 1.807) is 6.92 Å². The number of carbonyl (C=O) groups excluding carboxylic acids is 1. The quantitative estimate of drug-likeness (QED) is 0.714. The fraction of sp³-hybridized carbons (Fsp3) is 0.500. The van der Waals surface area contributed by atoms with Crippen molar-refractivity contribution >= 4 is 17.4 Å².